The Hall–Kier alpha value is -2.24. The molecule has 6 heteroatoms. The lowest BCUT2D eigenvalue weighted by molar-refractivity contribution is 0.148. The third-order valence-corrected chi connectivity index (χ3v) is 1.80. The van der Waals surface area contributed by atoms with Crippen molar-refractivity contribution in [3.8, 4) is 0 Å². The van der Waals surface area contributed by atoms with Crippen LogP contribution in [0.15, 0.2) is 40.6 Å². The van der Waals surface area contributed by atoms with Crippen molar-refractivity contribution in [3.63, 3.8) is 0 Å². The summed E-state index contributed by atoms with van der Waals surface area (Å²) in [6, 6.07) is 8.55. The Morgan fingerprint density at radius 2 is 1.82 bits per heavy atom. The van der Waals surface area contributed by atoms with Gasteiger partial charge < -0.3 is 9.64 Å². The van der Waals surface area contributed by atoms with E-state index in [9.17, 15) is 9.59 Å². The average Bonchev–Trinajstić information content (AvgIpc) is 2.34. The standard InChI is InChI=1S/C11H13N3O3/c1-14(2)10(15)12-13-11(16)17-8-9-6-4-3-5-7-9/h3-7H,8H2,1-2H3/b13-12+. The van der Waals surface area contributed by atoms with Crippen LogP contribution in [0.3, 0.4) is 0 Å². The van der Waals surface area contributed by atoms with Gasteiger partial charge in [-0.2, -0.15) is 0 Å². The van der Waals surface area contributed by atoms with Gasteiger partial charge in [-0.15, -0.1) is 0 Å². The van der Waals surface area contributed by atoms with E-state index in [2.05, 4.69) is 10.2 Å². The van der Waals surface area contributed by atoms with Crippen molar-refractivity contribution in [1.82, 2.24) is 4.90 Å². The molecule has 0 unspecified atom stereocenters. The fourth-order valence-electron chi connectivity index (χ4n) is 0.921. The average molecular weight is 235 g/mol. The molecule has 17 heavy (non-hydrogen) atoms. The fraction of sp³-hybridized carbons (Fsp3) is 0.273. The van der Waals surface area contributed by atoms with Gasteiger partial charge in [-0.1, -0.05) is 40.6 Å². The Labute approximate surface area is 98.9 Å². The molecule has 0 radical (unpaired) electrons. The molecule has 0 atom stereocenters. The second kappa shape index (κ2) is 6.37. The lowest BCUT2D eigenvalue weighted by atomic mass is 10.2. The van der Waals surface area contributed by atoms with Crippen molar-refractivity contribution in [2.45, 2.75) is 6.61 Å². The van der Waals surface area contributed by atoms with E-state index in [0.29, 0.717) is 0 Å². The first-order valence-corrected chi connectivity index (χ1v) is 4.93. The molecule has 0 saturated heterocycles. The normalized spacial score (nSPS) is 10.2. The van der Waals surface area contributed by atoms with Gasteiger partial charge in [-0.05, 0) is 5.56 Å². The minimum Gasteiger partial charge on any atom is -0.442 e. The first-order chi connectivity index (χ1) is 8.09. The number of carbonyl (C=O) groups excluding carboxylic acids is 2. The number of hydrogen-bond acceptors (Lipinski definition) is 3. The van der Waals surface area contributed by atoms with Gasteiger partial charge in [0.15, 0.2) is 0 Å². The Bertz CT molecular complexity index is 415. The fourth-order valence-corrected chi connectivity index (χ4v) is 0.921. The number of urea groups is 1. The molecule has 0 aliphatic carbocycles. The Morgan fingerprint density at radius 1 is 1.18 bits per heavy atom. The van der Waals surface area contributed by atoms with Gasteiger partial charge in [0, 0.05) is 14.1 Å². The molecule has 90 valence electrons. The number of carbonyl (C=O) groups is 2. The maximum absolute atomic E-state index is 11.1. The van der Waals surface area contributed by atoms with Crippen molar-refractivity contribution in [3.05, 3.63) is 35.9 Å². The number of amides is 3. The van der Waals surface area contributed by atoms with Crippen LogP contribution in [0.1, 0.15) is 5.56 Å². The van der Waals surface area contributed by atoms with Crippen LogP contribution in [-0.2, 0) is 11.3 Å². The molecule has 0 fully saturated rings. The molecule has 3 amide bonds. The van der Waals surface area contributed by atoms with Gasteiger partial charge in [0.05, 0.1) is 0 Å². The van der Waals surface area contributed by atoms with Crippen molar-refractivity contribution >= 4 is 12.1 Å². The van der Waals surface area contributed by atoms with E-state index in [0.717, 1.165) is 5.56 Å². The van der Waals surface area contributed by atoms with Gasteiger partial charge in [0.2, 0.25) is 0 Å². The molecule has 0 aliphatic heterocycles. The first kappa shape index (κ1) is 12.8. The van der Waals surface area contributed by atoms with Gasteiger partial charge in [0.25, 0.3) is 0 Å². The van der Waals surface area contributed by atoms with Gasteiger partial charge in [0.1, 0.15) is 6.61 Å². The smallest absolute Gasteiger partial charge is 0.442 e. The van der Waals surface area contributed by atoms with Crippen LogP contribution in [0.25, 0.3) is 0 Å². The highest BCUT2D eigenvalue weighted by atomic mass is 16.5. The minimum atomic E-state index is -0.885. The summed E-state index contributed by atoms with van der Waals surface area (Å²) in [5.41, 5.74) is 0.843. The van der Waals surface area contributed by atoms with Crippen LogP contribution >= 0.6 is 0 Å². The zero-order valence-corrected chi connectivity index (χ0v) is 9.66. The second-order valence-electron chi connectivity index (χ2n) is 3.42. The highest BCUT2D eigenvalue weighted by Crippen LogP contribution is 2.01. The predicted octanol–water partition coefficient (Wildman–Crippen LogP) is 2.46. The zero-order chi connectivity index (χ0) is 12.7. The predicted molar refractivity (Wildman–Crippen MR) is 60.6 cm³/mol. The van der Waals surface area contributed by atoms with Crippen molar-refractivity contribution in [1.29, 1.82) is 0 Å². The van der Waals surface area contributed by atoms with Crippen molar-refractivity contribution in [2.24, 2.45) is 10.2 Å². The van der Waals surface area contributed by atoms with Crippen LogP contribution in [0, 0.1) is 0 Å². The molecule has 0 N–H and O–H groups in total. The highest BCUT2D eigenvalue weighted by molar-refractivity contribution is 5.76. The van der Waals surface area contributed by atoms with E-state index in [-0.39, 0.29) is 6.61 Å². The van der Waals surface area contributed by atoms with E-state index in [1.807, 2.05) is 30.3 Å². The largest absolute Gasteiger partial charge is 0.452 e. The Morgan fingerprint density at radius 3 is 2.41 bits per heavy atom. The topological polar surface area (TPSA) is 71.3 Å². The molecule has 0 heterocycles. The Balaban J connectivity index is 2.38. The summed E-state index contributed by atoms with van der Waals surface area (Å²) in [7, 11) is 3.02. The SMILES string of the molecule is CN(C)C(=O)/N=N/C(=O)OCc1ccccc1. The molecule has 1 rings (SSSR count). The summed E-state index contributed by atoms with van der Waals surface area (Å²) < 4.78 is 4.79. The quantitative estimate of drug-likeness (QED) is 0.739. The van der Waals surface area contributed by atoms with Crippen LogP contribution in [0.2, 0.25) is 0 Å². The van der Waals surface area contributed by atoms with Crippen LogP contribution in [0.5, 0.6) is 0 Å². The number of ether oxygens (including phenoxy) is 1. The number of azo groups is 1. The van der Waals surface area contributed by atoms with Crippen LogP contribution < -0.4 is 0 Å². The third kappa shape index (κ3) is 4.87. The molecule has 6 nitrogen and oxygen atoms in total. The molecular formula is C11H13N3O3. The van der Waals surface area contributed by atoms with Crippen molar-refractivity contribution < 1.29 is 14.3 Å². The maximum Gasteiger partial charge on any atom is 0.452 e. The van der Waals surface area contributed by atoms with Crippen molar-refractivity contribution in [2.75, 3.05) is 14.1 Å². The van der Waals surface area contributed by atoms with E-state index < -0.39 is 12.1 Å². The molecule has 0 aliphatic rings. The number of rotatable bonds is 2. The number of nitrogens with zero attached hydrogens (tertiary/aromatic N) is 3. The molecule has 0 spiro atoms. The summed E-state index contributed by atoms with van der Waals surface area (Å²) in [5, 5.41) is 6.31. The number of hydrogen-bond donors (Lipinski definition) is 0. The first-order valence-electron chi connectivity index (χ1n) is 4.93. The van der Waals surface area contributed by atoms with E-state index in [4.69, 9.17) is 4.74 Å². The Kier molecular flexibility index (Phi) is 4.80. The second-order valence-corrected chi connectivity index (χ2v) is 3.42. The lowest BCUT2D eigenvalue weighted by Gasteiger charge is -2.03. The zero-order valence-electron chi connectivity index (χ0n) is 9.66. The third-order valence-electron chi connectivity index (χ3n) is 1.80. The van der Waals surface area contributed by atoms with E-state index >= 15 is 0 Å². The summed E-state index contributed by atoms with van der Waals surface area (Å²) in [6.07, 6.45) is -0.885. The molecule has 1 aromatic rings. The van der Waals surface area contributed by atoms with Gasteiger partial charge in [-0.25, -0.2) is 9.59 Å². The minimum absolute atomic E-state index is 0.106. The van der Waals surface area contributed by atoms with Crippen LogP contribution in [-0.4, -0.2) is 31.1 Å². The number of benzene rings is 1. The summed E-state index contributed by atoms with van der Waals surface area (Å²) in [4.78, 5) is 23.3. The van der Waals surface area contributed by atoms with Gasteiger partial charge in [-0.3, -0.25) is 0 Å². The molecular weight excluding hydrogens is 222 g/mol. The monoisotopic (exact) mass is 235 g/mol. The summed E-state index contributed by atoms with van der Waals surface area (Å²) >= 11 is 0. The molecule has 0 bridgehead atoms. The highest BCUT2D eigenvalue weighted by Gasteiger charge is 2.04. The summed E-state index contributed by atoms with van der Waals surface area (Å²) in [6.45, 7) is 0.106. The van der Waals surface area contributed by atoms with Gasteiger partial charge >= 0.3 is 12.1 Å². The van der Waals surface area contributed by atoms with E-state index in [1.165, 1.54) is 19.0 Å². The lowest BCUT2D eigenvalue weighted by Crippen LogP contribution is -2.17. The molecule has 1 aromatic carbocycles. The van der Waals surface area contributed by atoms with Crippen LogP contribution in [0.4, 0.5) is 9.59 Å². The maximum atomic E-state index is 11.1. The van der Waals surface area contributed by atoms with E-state index in [1.54, 1.807) is 0 Å². The molecule has 0 aromatic heterocycles. The molecule has 0 saturated carbocycles. The summed E-state index contributed by atoms with van der Waals surface area (Å²) in [5.74, 6) is 0.